The maximum absolute atomic E-state index is 5.62. The van der Waals surface area contributed by atoms with Crippen LogP contribution in [-0.4, -0.2) is 5.66 Å². The van der Waals surface area contributed by atoms with Crippen LogP contribution in [0.3, 0.4) is 0 Å². The minimum absolute atomic E-state index is 0. The van der Waals surface area contributed by atoms with Crippen LogP contribution in [0.5, 0.6) is 0 Å². The zero-order valence-electron chi connectivity index (χ0n) is 19.4. The van der Waals surface area contributed by atoms with Crippen molar-refractivity contribution in [2.45, 2.75) is 32.9 Å². The molecule has 1 unspecified atom stereocenters. The largest absolute Gasteiger partial charge is 1.00 e. The third-order valence-corrected chi connectivity index (χ3v) is 11.9. The molecule has 1 aliphatic heterocycles. The van der Waals surface area contributed by atoms with Crippen LogP contribution in [0.25, 0.3) is 0 Å². The summed E-state index contributed by atoms with van der Waals surface area (Å²) in [6.07, 6.45) is 7.03. The first-order valence-corrected chi connectivity index (χ1v) is 13.2. The molecule has 0 N–H and O–H groups in total. The van der Waals surface area contributed by atoms with E-state index in [9.17, 15) is 0 Å². The Bertz CT molecular complexity index is 1100. The van der Waals surface area contributed by atoms with E-state index in [4.69, 9.17) is 4.74 Å². The Balaban J connectivity index is 0.00000259. The monoisotopic (exact) mass is 516 g/mol. The van der Waals surface area contributed by atoms with Gasteiger partial charge in [0.25, 0.3) is 0 Å². The van der Waals surface area contributed by atoms with Gasteiger partial charge < -0.3 is 21.7 Å². The molecule has 0 fully saturated rings. The normalized spacial score (nSPS) is 17.5. The SMILES string of the molecule is CC(C1=C2C=COC=C2C(C)(C)C1)[P+](c1ccccc1)(c1ccccc1)c1ccccc1.[Br-]. The van der Waals surface area contributed by atoms with Crippen LogP contribution in [-0.2, 0) is 4.74 Å². The van der Waals surface area contributed by atoms with E-state index in [0.717, 1.165) is 6.42 Å². The zero-order chi connectivity index (χ0) is 22.2. The molecule has 1 atom stereocenters. The lowest BCUT2D eigenvalue weighted by Gasteiger charge is -2.34. The summed E-state index contributed by atoms with van der Waals surface area (Å²) in [7, 11) is -1.97. The Labute approximate surface area is 209 Å². The van der Waals surface area contributed by atoms with E-state index in [1.165, 1.54) is 27.1 Å². The van der Waals surface area contributed by atoms with Crippen LogP contribution in [0.4, 0.5) is 0 Å². The van der Waals surface area contributed by atoms with E-state index in [1.807, 2.05) is 12.5 Å². The summed E-state index contributed by atoms with van der Waals surface area (Å²) in [6.45, 7) is 7.15. The Morgan fingerprint density at radius 3 is 1.67 bits per heavy atom. The van der Waals surface area contributed by atoms with Crippen molar-refractivity contribution < 1.29 is 21.7 Å². The number of hydrogen-bond donors (Lipinski definition) is 0. The summed E-state index contributed by atoms with van der Waals surface area (Å²) in [6, 6.07) is 33.6. The number of ether oxygens (including phenoxy) is 1. The number of rotatable bonds is 5. The molecule has 3 aromatic rings. The highest BCUT2D eigenvalue weighted by molar-refractivity contribution is 7.96. The van der Waals surface area contributed by atoms with Crippen molar-refractivity contribution in [3.05, 3.63) is 126 Å². The number of halogens is 1. The van der Waals surface area contributed by atoms with Crippen molar-refractivity contribution in [3.63, 3.8) is 0 Å². The average molecular weight is 517 g/mol. The molecular formula is C30H30BrOP. The number of hydrogen-bond acceptors (Lipinski definition) is 1. The van der Waals surface area contributed by atoms with Gasteiger partial charge in [-0.25, -0.2) is 0 Å². The lowest BCUT2D eigenvalue weighted by Crippen LogP contribution is -3.00. The van der Waals surface area contributed by atoms with E-state index in [-0.39, 0.29) is 22.4 Å². The quantitative estimate of drug-likeness (QED) is 0.471. The van der Waals surface area contributed by atoms with Gasteiger partial charge in [-0.05, 0) is 72.4 Å². The molecule has 33 heavy (non-hydrogen) atoms. The van der Waals surface area contributed by atoms with Gasteiger partial charge in [0, 0.05) is 5.57 Å². The lowest BCUT2D eigenvalue weighted by molar-refractivity contribution is -0.00000706. The van der Waals surface area contributed by atoms with E-state index in [2.05, 4.69) is 118 Å². The van der Waals surface area contributed by atoms with Crippen LogP contribution in [0.1, 0.15) is 27.2 Å². The van der Waals surface area contributed by atoms with Gasteiger partial charge in [-0.15, -0.1) is 0 Å². The minimum Gasteiger partial charge on any atom is -1.00 e. The predicted octanol–water partition coefficient (Wildman–Crippen LogP) is 3.53. The van der Waals surface area contributed by atoms with E-state index in [1.54, 1.807) is 5.57 Å². The van der Waals surface area contributed by atoms with Crippen molar-refractivity contribution in [2.75, 3.05) is 0 Å². The highest BCUT2D eigenvalue weighted by Crippen LogP contribution is 2.65. The highest BCUT2D eigenvalue weighted by atomic mass is 79.9. The summed E-state index contributed by atoms with van der Waals surface area (Å²) >= 11 is 0. The van der Waals surface area contributed by atoms with Crippen LogP contribution < -0.4 is 32.9 Å². The molecule has 0 saturated carbocycles. The van der Waals surface area contributed by atoms with E-state index in [0.29, 0.717) is 5.66 Å². The Morgan fingerprint density at radius 1 is 0.758 bits per heavy atom. The van der Waals surface area contributed by atoms with Gasteiger partial charge in [0.1, 0.15) is 28.8 Å². The molecule has 5 rings (SSSR count). The second-order valence-electron chi connectivity index (χ2n) is 9.38. The highest BCUT2D eigenvalue weighted by Gasteiger charge is 2.54. The molecule has 3 aromatic carbocycles. The third kappa shape index (κ3) is 3.94. The molecule has 0 aromatic heterocycles. The average Bonchev–Trinajstić information content (AvgIpc) is 3.13. The fraction of sp³-hybridized carbons (Fsp3) is 0.200. The van der Waals surface area contributed by atoms with Crippen LogP contribution in [0.15, 0.2) is 126 Å². The zero-order valence-corrected chi connectivity index (χ0v) is 21.9. The van der Waals surface area contributed by atoms with Crippen molar-refractivity contribution in [3.8, 4) is 0 Å². The van der Waals surface area contributed by atoms with Crippen LogP contribution in [0, 0.1) is 5.41 Å². The molecule has 0 radical (unpaired) electrons. The second-order valence-corrected chi connectivity index (χ2v) is 13.1. The Hall–Kier alpha value is -2.41. The number of fused-ring (bicyclic) bond motifs is 1. The molecule has 0 saturated heterocycles. The van der Waals surface area contributed by atoms with Gasteiger partial charge in [-0.1, -0.05) is 68.4 Å². The summed E-state index contributed by atoms with van der Waals surface area (Å²) in [5.74, 6) is 0. The number of benzene rings is 3. The Kier molecular flexibility index (Phi) is 6.80. The molecule has 0 amide bonds. The summed E-state index contributed by atoms with van der Waals surface area (Å²) in [5, 5.41) is 4.30. The molecule has 1 nitrogen and oxygen atoms in total. The van der Waals surface area contributed by atoms with E-state index >= 15 is 0 Å². The predicted molar refractivity (Wildman–Crippen MR) is 138 cm³/mol. The standard InChI is InChI=1S/C30H30OP.BrH/c1-23(28-21-30(2,3)29-22-31-20-19-27(28)29)32(24-13-7-4-8-14-24,25-15-9-5-10-16-25)26-17-11-6-12-18-26;/h4-20,22-23H,21H2,1-3H3;1H/q+1;/p-1. The summed E-state index contributed by atoms with van der Waals surface area (Å²) < 4.78 is 5.62. The van der Waals surface area contributed by atoms with Crippen LogP contribution >= 0.6 is 7.26 Å². The van der Waals surface area contributed by atoms with Gasteiger partial charge in [-0.3, -0.25) is 0 Å². The van der Waals surface area contributed by atoms with Crippen molar-refractivity contribution in [2.24, 2.45) is 5.41 Å². The molecule has 168 valence electrons. The second kappa shape index (κ2) is 9.45. The molecule has 1 aliphatic carbocycles. The fourth-order valence-corrected chi connectivity index (χ4v) is 10.4. The van der Waals surface area contributed by atoms with Gasteiger partial charge in [-0.2, -0.15) is 0 Å². The molecule has 2 aliphatic rings. The first kappa shape index (κ1) is 23.7. The molecule has 3 heteroatoms. The van der Waals surface area contributed by atoms with Gasteiger partial charge in [0.05, 0.1) is 12.5 Å². The molecule has 0 bridgehead atoms. The van der Waals surface area contributed by atoms with Crippen LogP contribution in [0.2, 0.25) is 0 Å². The summed E-state index contributed by atoms with van der Waals surface area (Å²) in [5.41, 5.74) is 4.68. The van der Waals surface area contributed by atoms with Gasteiger partial charge in [0.2, 0.25) is 0 Å². The molecule has 1 heterocycles. The third-order valence-electron chi connectivity index (χ3n) is 7.07. The summed E-state index contributed by atoms with van der Waals surface area (Å²) in [4.78, 5) is 0. The van der Waals surface area contributed by atoms with E-state index < -0.39 is 7.26 Å². The molecular weight excluding hydrogens is 487 g/mol. The van der Waals surface area contributed by atoms with Gasteiger partial charge in [0.15, 0.2) is 0 Å². The minimum atomic E-state index is -1.97. The van der Waals surface area contributed by atoms with Crippen molar-refractivity contribution >= 4 is 23.2 Å². The van der Waals surface area contributed by atoms with Crippen molar-refractivity contribution in [1.82, 2.24) is 0 Å². The van der Waals surface area contributed by atoms with Gasteiger partial charge >= 0.3 is 0 Å². The number of allylic oxidation sites excluding steroid dienone is 4. The Morgan fingerprint density at radius 2 is 1.21 bits per heavy atom. The maximum atomic E-state index is 5.62. The molecule has 0 spiro atoms. The first-order chi connectivity index (χ1) is 15.5. The topological polar surface area (TPSA) is 9.23 Å². The first-order valence-electron chi connectivity index (χ1n) is 11.4. The lowest BCUT2D eigenvalue weighted by atomic mass is 9.84. The fourth-order valence-electron chi connectivity index (χ4n) is 5.55. The van der Waals surface area contributed by atoms with Crippen molar-refractivity contribution in [1.29, 1.82) is 0 Å². The maximum Gasteiger partial charge on any atom is 0.118 e. The smallest absolute Gasteiger partial charge is 0.118 e.